The average molecular weight is 460 g/mol. The molecule has 1 aliphatic rings. The Bertz CT molecular complexity index is 528. The SMILES string of the molecule is CCNC(=NCc1cccc(O)c1)NC1CCN(CC(C)C)CC1.I. The van der Waals surface area contributed by atoms with E-state index in [2.05, 4.69) is 41.3 Å². The summed E-state index contributed by atoms with van der Waals surface area (Å²) in [6.07, 6.45) is 2.31. The van der Waals surface area contributed by atoms with Crippen LogP contribution in [-0.2, 0) is 6.54 Å². The van der Waals surface area contributed by atoms with Gasteiger partial charge in [-0.05, 0) is 43.4 Å². The number of benzene rings is 1. The maximum absolute atomic E-state index is 9.55. The standard InChI is InChI=1S/C19H32N4O.HI/c1-4-20-19(21-13-16-6-5-7-18(24)12-16)22-17-8-10-23(11-9-17)14-15(2)3;/h5-7,12,15,17,24H,4,8-11,13-14H2,1-3H3,(H2,20,21,22);1H. The van der Waals surface area contributed by atoms with E-state index in [0.717, 1.165) is 49.9 Å². The molecular formula is C19H33IN4O. The van der Waals surface area contributed by atoms with Crippen LogP contribution in [0.4, 0.5) is 0 Å². The quantitative estimate of drug-likeness (QED) is 0.347. The largest absolute Gasteiger partial charge is 0.508 e. The number of guanidine groups is 1. The molecule has 0 saturated carbocycles. The van der Waals surface area contributed by atoms with Crippen molar-refractivity contribution in [1.29, 1.82) is 0 Å². The van der Waals surface area contributed by atoms with Crippen molar-refractivity contribution in [2.24, 2.45) is 10.9 Å². The van der Waals surface area contributed by atoms with Crippen molar-refractivity contribution in [2.75, 3.05) is 26.2 Å². The highest BCUT2D eigenvalue weighted by Gasteiger charge is 2.20. The van der Waals surface area contributed by atoms with Crippen molar-refractivity contribution in [3.8, 4) is 5.75 Å². The van der Waals surface area contributed by atoms with E-state index in [1.165, 1.54) is 6.54 Å². The van der Waals surface area contributed by atoms with Crippen LogP contribution in [0.3, 0.4) is 0 Å². The van der Waals surface area contributed by atoms with Gasteiger partial charge in [-0.15, -0.1) is 24.0 Å². The molecule has 0 bridgehead atoms. The van der Waals surface area contributed by atoms with Crippen LogP contribution in [0, 0.1) is 5.92 Å². The number of aliphatic imine (C=N–C) groups is 1. The fraction of sp³-hybridized carbons (Fsp3) is 0.632. The zero-order valence-electron chi connectivity index (χ0n) is 15.7. The predicted octanol–water partition coefficient (Wildman–Crippen LogP) is 3.19. The Balaban J connectivity index is 0.00000312. The van der Waals surface area contributed by atoms with Gasteiger partial charge in [0.05, 0.1) is 6.54 Å². The average Bonchev–Trinajstić information content (AvgIpc) is 2.54. The maximum Gasteiger partial charge on any atom is 0.191 e. The summed E-state index contributed by atoms with van der Waals surface area (Å²) >= 11 is 0. The molecule has 1 heterocycles. The van der Waals surface area contributed by atoms with Crippen molar-refractivity contribution in [2.45, 2.75) is 46.2 Å². The number of halogens is 1. The van der Waals surface area contributed by atoms with Crippen LogP contribution in [0.25, 0.3) is 0 Å². The first kappa shape index (κ1) is 22.0. The molecule has 142 valence electrons. The van der Waals surface area contributed by atoms with Crippen LogP contribution in [0.1, 0.15) is 39.2 Å². The van der Waals surface area contributed by atoms with Gasteiger partial charge < -0.3 is 20.6 Å². The van der Waals surface area contributed by atoms with E-state index >= 15 is 0 Å². The number of nitrogens with one attached hydrogen (secondary N) is 2. The van der Waals surface area contributed by atoms with Gasteiger partial charge in [0.2, 0.25) is 0 Å². The van der Waals surface area contributed by atoms with Crippen molar-refractivity contribution >= 4 is 29.9 Å². The minimum Gasteiger partial charge on any atom is -0.508 e. The van der Waals surface area contributed by atoms with Crippen molar-refractivity contribution < 1.29 is 5.11 Å². The molecule has 1 aromatic rings. The molecular weight excluding hydrogens is 427 g/mol. The third-order valence-corrected chi connectivity index (χ3v) is 4.23. The molecule has 2 rings (SSSR count). The minimum atomic E-state index is 0. The molecule has 0 unspecified atom stereocenters. The number of phenols is 1. The van der Waals surface area contributed by atoms with E-state index in [-0.39, 0.29) is 29.7 Å². The summed E-state index contributed by atoms with van der Waals surface area (Å²) in [7, 11) is 0. The second-order valence-corrected chi connectivity index (χ2v) is 6.98. The topological polar surface area (TPSA) is 59.9 Å². The van der Waals surface area contributed by atoms with Crippen molar-refractivity contribution in [3.05, 3.63) is 29.8 Å². The number of rotatable bonds is 6. The Kier molecular flexibility index (Phi) is 10.2. The summed E-state index contributed by atoms with van der Waals surface area (Å²) in [6, 6.07) is 7.76. The number of hydrogen-bond donors (Lipinski definition) is 3. The van der Waals surface area contributed by atoms with E-state index in [1.807, 2.05) is 12.1 Å². The zero-order chi connectivity index (χ0) is 17.4. The predicted molar refractivity (Wildman–Crippen MR) is 116 cm³/mol. The number of piperidine rings is 1. The van der Waals surface area contributed by atoms with Crippen LogP contribution in [0.2, 0.25) is 0 Å². The Hall–Kier alpha value is -1.02. The number of likely N-dealkylation sites (tertiary alicyclic amines) is 1. The van der Waals surface area contributed by atoms with Gasteiger partial charge in [0.25, 0.3) is 0 Å². The van der Waals surface area contributed by atoms with E-state index < -0.39 is 0 Å². The van der Waals surface area contributed by atoms with Gasteiger partial charge in [-0.2, -0.15) is 0 Å². The monoisotopic (exact) mass is 460 g/mol. The summed E-state index contributed by atoms with van der Waals surface area (Å²) in [5, 5.41) is 16.4. The molecule has 0 amide bonds. The summed E-state index contributed by atoms with van der Waals surface area (Å²) < 4.78 is 0. The molecule has 1 aliphatic heterocycles. The lowest BCUT2D eigenvalue weighted by Crippen LogP contribution is -2.49. The number of phenolic OH excluding ortho intramolecular Hbond substituents is 1. The number of aromatic hydroxyl groups is 1. The third kappa shape index (κ3) is 8.27. The molecule has 3 N–H and O–H groups in total. The van der Waals surface area contributed by atoms with Gasteiger partial charge in [-0.1, -0.05) is 26.0 Å². The van der Waals surface area contributed by atoms with Crippen LogP contribution >= 0.6 is 24.0 Å². The Labute approximate surface area is 169 Å². The highest BCUT2D eigenvalue weighted by atomic mass is 127. The van der Waals surface area contributed by atoms with E-state index in [4.69, 9.17) is 0 Å². The molecule has 5 nitrogen and oxygen atoms in total. The van der Waals surface area contributed by atoms with Crippen LogP contribution < -0.4 is 10.6 Å². The first-order chi connectivity index (χ1) is 11.6. The number of nitrogens with zero attached hydrogens (tertiary/aromatic N) is 2. The summed E-state index contributed by atoms with van der Waals surface area (Å²) in [6.45, 7) is 11.6. The third-order valence-electron chi connectivity index (χ3n) is 4.23. The van der Waals surface area contributed by atoms with Gasteiger partial charge in [-0.3, -0.25) is 0 Å². The van der Waals surface area contributed by atoms with Gasteiger partial charge in [0.1, 0.15) is 5.75 Å². The molecule has 0 radical (unpaired) electrons. The summed E-state index contributed by atoms with van der Waals surface area (Å²) in [4.78, 5) is 7.21. The fourth-order valence-electron chi connectivity index (χ4n) is 3.11. The normalized spacial score (nSPS) is 16.6. The molecule has 0 aromatic heterocycles. The Morgan fingerprint density at radius 2 is 2.04 bits per heavy atom. The lowest BCUT2D eigenvalue weighted by atomic mass is 10.0. The van der Waals surface area contributed by atoms with Gasteiger partial charge in [0, 0.05) is 32.2 Å². The first-order valence-electron chi connectivity index (χ1n) is 9.12. The molecule has 6 heteroatoms. The van der Waals surface area contributed by atoms with Crippen LogP contribution in [0.5, 0.6) is 5.75 Å². The molecule has 0 spiro atoms. The van der Waals surface area contributed by atoms with Gasteiger partial charge in [0.15, 0.2) is 5.96 Å². The molecule has 1 fully saturated rings. The Morgan fingerprint density at radius 1 is 1.32 bits per heavy atom. The summed E-state index contributed by atoms with van der Waals surface area (Å²) in [5.74, 6) is 1.89. The fourth-order valence-corrected chi connectivity index (χ4v) is 3.11. The lowest BCUT2D eigenvalue weighted by molar-refractivity contribution is 0.187. The molecule has 1 aromatic carbocycles. The van der Waals surface area contributed by atoms with Gasteiger partial charge >= 0.3 is 0 Å². The number of hydrogen-bond acceptors (Lipinski definition) is 3. The van der Waals surface area contributed by atoms with Crippen molar-refractivity contribution in [3.63, 3.8) is 0 Å². The molecule has 25 heavy (non-hydrogen) atoms. The first-order valence-corrected chi connectivity index (χ1v) is 9.12. The molecule has 1 saturated heterocycles. The zero-order valence-corrected chi connectivity index (χ0v) is 18.0. The smallest absolute Gasteiger partial charge is 0.191 e. The summed E-state index contributed by atoms with van der Waals surface area (Å²) in [5.41, 5.74) is 1.01. The maximum atomic E-state index is 9.55. The lowest BCUT2D eigenvalue weighted by Gasteiger charge is -2.34. The molecule has 0 atom stereocenters. The van der Waals surface area contributed by atoms with Gasteiger partial charge in [-0.25, -0.2) is 4.99 Å². The Morgan fingerprint density at radius 3 is 2.64 bits per heavy atom. The highest BCUT2D eigenvalue weighted by Crippen LogP contribution is 2.13. The van der Waals surface area contributed by atoms with Crippen LogP contribution in [0.15, 0.2) is 29.3 Å². The van der Waals surface area contributed by atoms with Crippen LogP contribution in [-0.4, -0.2) is 48.2 Å². The molecule has 0 aliphatic carbocycles. The van der Waals surface area contributed by atoms with Crippen molar-refractivity contribution in [1.82, 2.24) is 15.5 Å². The highest BCUT2D eigenvalue weighted by molar-refractivity contribution is 14.0. The van der Waals surface area contributed by atoms with E-state index in [0.29, 0.717) is 12.6 Å². The van der Waals surface area contributed by atoms with E-state index in [1.54, 1.807) is 12.1 Å². The second-order valence-electron chi connectivity index (χ2n) is 6.98. The van der Waals surface area contributed by atoms with E-state index in [9.17, 15) is 5.11 Å². The minimum absolute atomic E-state index is 0. The second kappa shape index (κ2) is 11.6.